The Kier molecular flexibility index (Phi) is 6.65. The molecule has 0 unspecified atom stereocenters. The summed E-state index contributed by atoms with van der Waals surface area (Å²) >= 11 is 0. The van der Waals surface area contributed by atoms with E-state index in [0.29, 0.717) is 30.8 Å². The Labute approximate surface area is 182 Å². The Morgan fingerprint density at radius 2 is 1.45 bits per heavy atom. The van der Waals surface area contributed by atoms with Crippen molar-refractivity contribution in [2.24, 2.45) is 0 Å². The summed E-state index contributed by atoms with van der Waals surface area (Å²) in [5, 5.41) is 2.94. The van der Waals surface area contributed by atoms with Crippen molar-refractivity contribution in [1.82, 2.24) is 15.3 Å². The fourth-order valence-electron chi connectivity index (χ4n) is 3.41. The van der Waals surface area contributed by atoms with Crippen LogP contribution in [0.4, 0.5) is 0 Å². The molecule has 1 heterocycles. The summed E-state index contributed by atoms with van der Waals surface area (Å²) in [4.78, 5) is 22.4. The van der Waals surface area contributed by atoms with Crippen molar-refractivity contribution in [3.8, 4) is 22.5 Å². The van der Waals surface area contributed by atoms with Crippen LogP contribution in [0.3, 0.4) is 0 Å². The zero-order chi connectivity index (χ0) is 21.5. The summed E-state index contributed by atoms with van der Waals surface area (Å²) in [7, 11) is 0. The van der Waals surface area contributed by atoms with Crippen LogP contribution in [-0.4, -0.2) is 35.6 Å². The van der Waals surface area contributed by atoms with Crippen LogP contribution in [0.15, 0.2) is 78.9 Å². The molecule has 0 saturated carbocycles. The smallest absolute Gasteiger partial charge is 0.251 e. The molecular weight excluding hydrogens is 386 g/mol. The fourth-order valence-corrected chi connectivity index (χ4v) is 3.41. The number of hydrogen-bond acceptors (Lipinski definition) is 4. The molecule has 5 heteroatoms. The molecule has 31 heavy (non-hydrogen) atoms. The lowest BCUT2D eigenvalue weighted by Crippen LogP contribution is -2.25. The van der Waals surface area contributed by atoms with Gasteiger partial charge in [-0.25, -0.2) is 9.97 Å². The van der Waals surface area contributed by atoms with Gasteiger partial charge in [-0.3, -0.25) is 4.79 Å². The molecule has 0 aliphatic heterocycles. The van der Waals surface area contributed by atoms with Gasteiger partial charge in [0.25, 0.3) is 5.91 Å². The maximum absolute atomic E-state index is 12.6. The predicted molar refractivity (Wildman–Crippen MR) is 124 cm³/mol. The van der Waals surface area contributed by atoms with E-state index in [1.165, 1.54) is 0 Å². The summed E-state index contributed by atoms with van der Waals surface area (Å²) < 4.78 is 5.31. The van der Waals surface area contributed by atoms with Gasteiger partial charge in [-0.15, -0.1) is 0 Å². The summed E-state index contributed by atoms with van der Waals surface area (Å²) in [6.07, 6.45) is 0.783. The molecule has 0 aliphatic carbocycles. The van der Waals surface area contributed by atoms with Gasteiger partial charge in [0.15, 0.2) is 0 Å². The molecule has 1 amide bonds. The number of rotatable bonds is 8. The van der Waals surface area contributed by atoms with Crippen LogP contribution >= 0.6 is 0 Å². The Morgan fingerprint density at radius 1 is 0.839 bits per heavy atom. The van der Waals surface area contributed by atoms with Crippen molar-refractivity contribution in [1.29, 1.82) is 0 Å². The molecule has 0 radical (unpaired) electrons. The van der Waals surface area contributed by atoms with Crippen LogP contribution in [0.5, 0.6) is 0 Å². The molecule has 156 valence electrons. The molecule has 1 N–H and O–H groups in total. The van der Waals surface area contributed by atoms with Crippen molar-refractivity contribution in [2.45, 2.75) is 13.3 Å². The number of nitrogens with zero attached hydrogens (tertiary/aromatic N) is 2. The van der Waals surface area contributed by atoms with Crippen LogP contribution in [0.1, 0.15) is 23.7 Å². The molecule has 0 saturated heterocycles. The first-order valence-electron chi connectivity index (χ1n) is 10.5. The van der Waals surface area contributed by atoms with E-state index in [-0.39, 0.29) is 5.91 Å². The molecule has 0 fully saturated rings. The molecule has 4 aromatic rings. The Balaban J connectivity index is 1.69. The molecule has 0 atom stereocenters. The maximum Gasteiger partial charge on any atom is 0.251 e. The zero-order valence-electron chi connectivity index (χ0n) is 17.5. The molecular formula is C26H25N3O2. The number of hydrogen-bond donors (Lipinski definition) is 1. The SMILES string of the molecule is CCOCCCNC(=O)c1ccc2nc(-c3ccccc3)c(-c3ccccc3)nc2c1. The molecule has 0 bridgehead atoms. The predicted octanol–water partition coefficient (Wildman–Crippen LogP) is 5.12. The van der Waals surface area contributed by atoms with Gasteiger partial charge in [0.05, 0.1) is 22.4 Å². The van der Waals surface area contributed by atoms with E-state index in [2.05, 4.69) is 5.32 Å². The van der Waals surface area contributed by atoms with E-state index >= 15 is 0 Å². The topological polar surface area (TPSA) is 64.1 Å². The molecule has 3 aromatic carbocycles. The number of amides is 1. The van der Waals surface area contributed by atoms with Gasteiger partial charge in [0.1, 0.15) is 0 Å². The molecule has 4 rings (SSSR count). The first kappa shape index (κ1) is 20.7. The minimum Gasteiger partial charge on any atom is -0.382 e. The maximum atomic E-state index is 12.6. The second-order valence-electron chi connectivity index (χ2n) is 7.16. The highest BCUT2D eigenvalue weighted by Gasteiger charge is 2.14. The number of fused-ring (bicyclic) bond motifs is 1. The Morgan fingerprint density at radius 3 is 2.06 bits per heavy atom. The van der Waals surface area contributed by atoms with Gasteiger partial charge in [-0.05, 0) is 31.5 Å². The van der Waals surface area contributed by atoms with Crippen LogP contribution in [0.2, 0.25) is 0 Å². The second-order valence-corrected chi connectivity index (χ2v) is 7.16. The second kappa shape index (κ2) is 9.96. The van der Waals surface area contributed by atoms with Gasteiger partial charge in [-0.1, -0.05) is 60.7 Å². The highest BCUT2D eigenvalue weighted by molar-refractivity contribution is 5.98. The number of benzene rings is 3. The number of carbonyl (C=O) groups excluding carboxylic acids is 1. The lowest BCUT2D eigenvalue weighted by atomic mass is 10.0. The Bertz CT molecular complexity index is 1160. The van der Waals surface area contributed by atoms with E-state index in [1.54, 1.807) is 12.1 Å². The van der Waals surface area contributed by atoms with Crippen molar-refractivity contribution in [3.63, 3.8) is 0 Å². The van der Waals surface area contributed by atoms with Crippen molar-refractivity contribution < 1.29 is 9.53 Å². The highest BCUT2D eigenvalue weighted by atomic mass is 16.5. The monoisotopic (exact) mass is 411 g/mol. The van der Waals surface area contributed by atoms with Gasteiger partial charge in [0.2, 0.25) is 0 Å². The first-order valence-corrected chi connectivity index (χ1v) is 10.5. The molecule has 5 nitrogen and oxygen atoms in total. The normalized spacial score (nSPS) is 10.9. The average Bonchev–Trinajstić information content (AvgIpc) is 2.83. The van der Waals surface area contributed by atoms with Crippen LogP contribution in [0.25, 0.3) is 33.5 Å². The number of ether oxygens (including phenoxy) is 1. The van der Waals surface area contributed by atoms with Crippen molar-refractivity contribution in [3.05, 3.63) is 84.4 Å². The van der Waals surface area contributed by atoms with Crippen molar-refractivity contribution >= 4 is 16.9 Å². The number of aromatic nitrogens is 2. The minimum atomic E-state index is -0.117. The average molecular weight is 412 g/mol. The van der Waals surface area contributed by atoms with Gasteiger partial charge in [0, 0.05) is 36.4 Å². The van der Waals surface area contributed by atoms with Crippen LogP contribution < -0.4 is 5.32 Å². The quantitative estimate of drug-likeness (QED) is 0.409. The van der Waals surface area contributed by atoms with Gasteiger partial charge < -0.3 is 10.1 Å². The Hall–Kier alpha value is -3.57. The van der Waals surface area contributed by atoms with Crippen molar-refractivity contribution in [2.75, 3.05) is 19.8 Å². The van der Waals surface area contributed by atoms with Gasteiger partial charge in [-0.2, -0.15) is 0 Å². The number of carbonyl (C=O) groups is 1. The summed E-state index contributed by atoms with van der Waals surface area (Å²) in [6.45, 7) is 3.86. The third-order valence-corrected chi connectivity index (χ3v) is 4.98. The largest absolute Gasteiger partial charge is 0.382 e. The summed E-state index contributed by atoms with van der Waals surface area (Å²) in [5.74, 6) is -0.117. The highest BCUT2D eigenvalue weighted by Crippen LogP contribution is 2.31. The van der Waals surface area contributed by atoms with Crippen LogP contribution in [0, 0.1) is 0 Å². The summed E-state index contributed by atoms with van der Waals surface area (Å²) in [6, 6.07) is 25.5. The van der Waals surface area contributed by atoms with E-state index in [9.17, 15) is 4.79 Å². The standard InChI is InChI=1S/C26H25N3O2/c1-2-31-17-9-16-27-26(30)21-14-15-22-23(18-21)29-25(20-12-7-4-8-13-20)24(28-22)19-10-5-3-6-11-19/h3-8,10-15,18H,2,9,16-17H2,1H3,(H,27,30). The molecule has 1 aromatic heterocycles. The molecule has 0 spiro atoms. The first-order chi connectivity index (χ1) is 15.3. The van der Waals surface area contributed by atoms with E-state index in [1.807, 2.05) is 73.7 Å². The lowest BCUT2D eigenvalue weighted by Gasteiger charge is -2.11. The van der Waals surface area contributed by atoms with E-state index in [0.717, 1.165) is 34.5 Å². The van der Waals surface area contributed by atoms with Gasteiger partial charge >= 0.3 is 0 Å². The molecule has 0 aliphatic rings. The third kappa shape index (κ3) is 4.95. The minimum absolute atomic E-state index is 0.117. The fraction of sp³-hybridized carbons (Fsp3) is 0.192. The zero-order valence-corrected chi connectivity index (χ0v) is 17.5. The summed E-state index contributed by atoms with van der Waals surface area (Å²) in [5.41, 5.74) is 5.64. The van der Waals surface area contributed by atoms with E-state index < -0.39 is 0 Å². The number of nitrogens with one attached hydrogen (secondary N) is 1. The third-order valence-electron chi connectivity index (χ3n) is 4.98. The lowest BCUT2D eigenvalue weighted by molar-refractivity contribution is 0.0944. The van der Waals surface area contributed by atoms with E-state index in [4.69, 9.17) is 14.7 Å². The van der Waals surface area contributed by atoms with Crippen LogP contribution in [-0.2, 0) is 4.74 Å².